The van der Waals surface area contributed by atoms with Crippen LogP contribution in [0.25, 0.3) is 0 Å². The molecule has 0 fully saturated rings. The van der Waals surface area contributed by atoms with Gasteiger partial charge < -0.3 is 15.3 Å². The van der Waals surface area contributed by atoms with Gasteiger partial charge in [-0.25, -0.2) is 14.6 Å². The molecular formula is C7H9F2N3O2. The number of anilines is 1. The monoisotopic (exact) mass is 205 g/mol. The number of nitrogens with one attached hydrogen (secondary N) is 1. The second-order valence-electron chi connectivity index (χ2n) is 2.32. The predicted octanol–water partition coefficient (Wildman–Crippen LogP) is 0.0165. The summed E-state index contributed by atoms with van der Waals surface area (Å²) in [7, 11) is 0. The van der Waals surface area contributed by atoms with Crippen LogP contribution < -0.4 is 16.0 Å². The Balaban J connectivity index is 2.92. The molecule has 5 nitrogen and oxygen atoms in total. The Morgan fingerprint density at radius 1 is 1.50 bits per heavy atom. The van der Waals surface area contributed by atoms with Crippen LogP contribution in [-0.4, -0.2) is 23.3 Å². The molecule has 0 unspecified atom stereocenters. The lowest BCUT2D eigenvalue weighted by molar-refractivity contribution is 0.191. The van der Waals surface area contributed by atoms with E-state index in [1.807, 2.05) is 5.43 Å². The summed E-state index contributed by atoms with van der Waals surface area (Å²) >= 11 is 0. The minimum Gasteiger partial charge on any atom is -0.473 e. The zero-order valence-electron chi connectivity index (χ0n) is 7.13. The van der Waals surface area contributed by atoms with Crippen LogP contribution >= 0.6 is 0 Å². The van der Waals surface area contributed by atoms with Gasteiger partial charge in [0, 0.05) is 6.07 Å². The number of aliphatic hydroxyl groups is 1. The van der Waals surface area contributed by atoms with Crippen molar-refractivity contribution in [3.63, 3.8) is 0 Å². The molecule has 0 aliphatic heterocycles. The van der Waals surface area contributed by atoms with E-state index in [1.165, 1.54) is 0 Å². The molecule has 1 aromatic rings. The second-order valence-corrected chi connectivity index (χ2v) is 2.32. The molecule has 0 aromatic carbocycles. The zero-order chi connectivity index (χ0) is 10.6. The highest BCUT2D eigenvalue weighted by Gasteiger charge is 2.11. The lowest BCUT2D eigenvalue weighted by Crippen LogP contribution is -2.13. The van der Waals surface area contributed by atoms with Gasteiger partial charge in [-0.2, -0.15) is 4.98 Å². The van der Waals surface area contributed by atoms with Crippen LogP contribution in [0.3, 0.4) is 0 Å². The maximum absolute atomic E-state index is 12.9. The molecule has 0 aliphatic rings. The quantitative estimate of drug-likeness (QED) is 0.477. The molecule has 0 amide bonds. The van der Waals surface area contributed by atoms with Crippen molar-refractivity contribution in [2.45, 2.75) is 0 Å². The van der Waals surface area contributed by atoms with Crippen LogP contribution in [-0.2, 0) is 0 Å². The average Bonchev–Trinajstić information content (AvgIpc) is 2.17. The van der Waals surface area contributed by atoms with Gasteiger partial charge in [0.25, 0.3) is 5.88 Å². The summed E-state index contributed by atoms with van der Waals surface area (Å²) < 4.78 is 30.4. The van der Waals surface area contributed by atoms with Crippen LogP contribution in [0.15, 0.2) is 6.07 Å². The Morgan fingerprint density at radius 2 is 2.21 bits per heavy atom. The molecule has 0 saturated heterocycles. The average molecular weight is 205 g/mol. The molecule has 0 saturated carbocycles. The summed E-state index contributed by atoms with van der Waals surface area (Å²) in [6.45, 7) is -0.413. The van der Waals surface area contributed by atoms with E-state index in [1.54, 1.807) is 0 Å². The maximum Gasteiger partial charge on any atom is 0.252 e. The number of halogens is 2. The fraction of sp³-hybridized carbons (Fsp3) is 0.286. The molecule has 0 atom stereocenters. The lowest BCUT2D eigenvalue weighted by Gasteiger charge is -2.07. The number of aliphatic hydroxyl groups excluding tert-OH is 1. The van der Waals surface area contributed by atoms with E-state index in [-0.39, 0.29) is 19.0 Å². The molecule has 1 aromatic heterocycles. The van der Waals surface area contributed by atoms with Crippen molar-refractivity contribution in [2.75, 3.05) is 18.6 Å². The van der Waals surface area contributed by atoms with Gasteiger partial charge in [0.05, 0.1) is 6.61 Å². The third-order valence-electron chi connectivity index (χ3n) is 1.36. The van der Waals surface area contributed by atoms with E-state index in [0.717, 1.165) is 0 Å². The first-order chi connectivity index (χ1) is 6.69. The third kappa shape index (κ3) is 2.27. The van der Waals surface area contributed by atoms with Gasteiger partial charge in [0.2, 0.25) is 0 Å². The minimum atomic E-state index is -0.949. The third-order valence-corrected chi connectivity index (χ3v) is 1.36. The standard InChI is InChI=1S/C7H9F2N3O2/c8-4-3-5(9)7(14-2-1-13)11-6(4)12-10/h3,13H,1-2,10H2,(H,11,12). The maximum atomic E-state index is 12.9. The van der Waals surface area contributed by atoms with E-state index < -0.39 is 17.5 Å². The van der Waals surface area contributed by atoms with Gasteiger partial charge in [-0.1, -0.05) is 0 Å². The van der Waals surface area contributed by atoms with Crippen molar-refractivity contribution in [2.24, 2.45) is 5.84 Å². The number of nitrogens with two attached hydrogens (primary N) is 1. The first-order valence-corrected chi connectivity index (χ1v) is 3.75. The highest BCUT2D eigenvalue weighted by molar-refractivity contribution is 5.38. The number of nitrogens with zero attached hydrogens (tertiary/aromatic N) is 1. The topological polar surface area (TPSA) is 80.4 Å². The number of hydrogen-bond donors (Lipinski definition) is 3. The van der Waals surface area contributed by atoms with Crippen molar-refractivity contribution in [1.82, 2.24) is 4.98 Å². The van der Waals surface area contributed by atoms with Gasteiger partial charge in [-0.15, -0.1) is 0 Å². The SMILES string of the molecule is NNc1nc(OCCO)c(F)cc1F. The van der Waals surface area contributed by atoms with Crippen LogP contribution in [0.1, 0.15) is 0 Å². The van der Waals surface area contributed by atoms with Crippen molar-refractivity contribution in [3.8, 4) is 5.88 Å². The molecule has 1 rings (SSSR count). The summed E-state index contributed by atoms with van der Waals surface area (Å²) in [5.74, 6) is 2.32. The van der Waals surface area contributed by atoms with Crippen LogP contribution in [0.4, 0.5) is 14.6 Å². The molecule has 4 N–H and O–H groups in total. The molecule has 0 aliphatic carbocycles. The first-order valence-electron chi connectivity index (χ1n) is 3.75. The number of rotatable bonds is 4. The van der Waals surface area contributed by atoms with E-state index in [4.69, 9.17) is 10.9 Å². The fourth-order valence-corrected chi connectivity index (χ4v) is 0.794. The van der Waals surface area contributed by atoms with Gasteiger partial charge in [-0.3, -0.25) is 0 Å². The first kappa shape index (κ1) is 10.6. The van der Waals surface area contributed by atoms with E-state index in [0.29, 0.717) is 6.07 Å². The molecule has 1 heterocycles. The molecule has 7 heteroatoms. The molecule has 14 heavy (non-hydrogen) atoms. The van der Waals surface area contributed by atoms with Crippen molar-refractivity contribution in [3.05, 3.63) is 17.7 Å². The summed E-state index contributed by atoms with van der Waals surface area (Å²) in [4.78, 5) is 3.41. The molecule has 78 valence electrons. The van der Waals surface area contributed by atoms with Gasteiger partial charge in [0.1, 0.15) is 6.61 Å². The van der Waals surface area contributed by atoms with E-state index in [2.05, 4.69) is 9.72 Å². The second kappa shape index (κ2) is 4.68. The van der Waals surface area contributed by atoms with Crippen molar-refractivity contribution < 1.29 is 18.6 Å². The molecule has 0 bridgehead atoms. The Hall–Kier alpha value is -1.47. The number of ether oxygens (including phenoxy) is 1. The van der Waals surface area contributed by atoms with Gasteiger partial charge in [-0.05, 0) is 0 Å². The smallest absolute Gasteiger partial charge is 0.252 e. The summed E-state index contributed by atoms with van der Waals surface area (Å²) in [5.41, 5.74) is 1.94. The molecular weight excluding hydrogens is 196 g/mol. The summed E-state index contributed by atoms with van der Waals surface area (Å²) in [6, 6.07) is 0.592. The van der Waals surface area contributed by atoms with Crippen molar-refractivity contribution in [1.29, 1.82) is 0 Å². The highest BCUT2D eigenvalue weighted by atomic mass is 19.1. The molecule has 0 radical (unpaired) electrons. The number of aromatic nitrogens is 1. The Bertz CT molecular complexity index is 322. The number of nitrogen functional groups attached to an aromatic ring is 1. The van der Waals surface area contributed by atoms with Crippen molar-refractivity contribution >= 4 is 5.82 Å². The summed E-state index contributed by atoms with van der Waals surface area (Å²) in [5, 5.41) is 8.41. The lowest BCUT2D eigenvalue weighted by atomic mass is 10.4. The van der Waals surface area contributed by atoms with Gasteiger partial charge >= 0.3 is 0 Å². The Morgan fingerprint density at radius 3 is 2.79 bits per heavy atom. The fourth-order valence-electron chi connectivity index (χ4n) is 0.794. The van der Waals surface area contributed by atoms with Crippen LogP contribution in [0, 0.1) is 11.6 Å². The van der Waals surface area contributed by atoms with Crippen LogP contribution in [0.5, 0.6) is 5.88 Å². The predicted molar refractivity (Wildman–Crippen MR) is 44.5 cm³/mol. The normalized spacial score (nSPS) is 10.0. The summed E-state index contributed by atoms with van der Waals surface area (Å²) in [6.07, 6.45) is 0. The largest absolute Gasteiger partial charge is 0.473 e. The van der Waals surface area contributed by atoms with Gasteiger partial charge in [0.15, 0.2) is 17.5 Å². The van der Waals surface area contributed by atoms with Crippen LogP contribution in [0.2, 0.25) is 0 Å². The Labute approximate surface area is 78.5 Å². The zero-order valence-corrected chi connectivity index (χ0v) is 7.13. The number of hydrazine groups is 1. The number of hydrogen-bond acceptors (Lipinski definition) is 5. The molecule has 0 spiro atoms. The highest BCUT2D eigenvalue weighted by Crippen LogP contribution is 2.19. The van der Waals surface area contributed by atoms with E-state index >= 15 is 0 Å². The van der Waals surface area contributed by atoms with E-state index in [9.17, 15) is 8.78 Å². The Kier molecular flexibility index (Phi) is 3.55. The number of pyridine rings is 1. The minimum absolute atomic E-state index is 0.125.